The van der Waals surface area contributed by atoms with E-state index in [0.29, 0.717) is 24.8 Å². The van der Waals surface area contributed by atoms with Crippen LogP contribution in [-0.2, 0) is 4.79 Å². The Morgan fingerprint density at radius 2 is 1.93 bits per heavy atom. The standard InChI is InChI=1S/C8H13BrF3NO/c1-2-4-13(5-3-9)7(14)6-8(10,11)12/h2-6H2,1H3. The topological polar surface area (TPSA) is 20.3 Å². The van der Waals surface area contributed by atoms with Crippen LogP contribution in [0.2, 0.25) is 0 Å². The minimum atomic E-state index is -4.41. The third-order valence-corrected chi connectivity index (χ3v) is 1.91. The van der Waals surface area contributed by atoms with Gasteiger partial charge in [-0.3, -0.25) is 4.79 Å². The van der Waals surface area contributed by atoms with Crippen LogP contribution in [-0.4, -0.2) is 35.4 Å². The van der Waals surface area contributed by atoms with E-state index in [1.165, 1.54) is 4.90 Å². The van der Waals surface area contributed by atoms with Crippen molar-refractivity contribution in [2.45, 2.75) is 25.9 Å². The summed E-state index contributed by atoms with van der Waals surface area (Å²) in [4.78, 5) is 12.3. The van der Waals surface area contributed by atoms with Crippen molar-refractivity contribution in [3.63, 3.8) is 0 Å². The van der Waals surface area contributed by atoms with Gasteiger partial charge in [-0.25, -0.2) is 0 Å². The van der Waals surface area contributed by atoms with Crippen molar-refractivity contribution in [2.24, 2.45) is 0 Å². The predicted octanol–water partition coefficient (Wildman–Crippen LogP) is 2.57. The summed E-state index contributed by atoms with van der Waals surface area (Å²) < 4.78 is 35.7. The van der Waals surface area contributed by atoms with Crippen LogP contribution in [0.25, 0.3) is 0 Å². The Hall–Kier alpha value is -0.260. The van der Waals surface area contributed by atoms with Gasteiger partial charge in [-0.1, -0.05) is 22.9 Å². The number of amides is 1. The van der Waals surface area contributed by atoms with Crippen molar-refractivity contribution >= 4 is 21.8 Å². The van der Waals surface area contributed by atoms with Gasteiger partial charge in [-0.15, -0.1) is 0 Å². The van der Waals surface area contributed by atoms with Gasteiger partial charge in [0.1, 0.15) is 6.42 Å². The SMILES string of the molecule is CCCN(CCBr)C(=O)CC(F)(F)F. The monoisotopic (exact) mass is 275 g/mol. The van der Waals surface area contributed by atoms with Crippen molar-refractivity contribution in [1.82, 2.24) is 4.90 Å². The van der Waals surface area contributed by atoms with Gasteiger partial charge in [0.25, 0.3) is 0 Å². The molecule has 0 aliphatic carbocycles. The third-order valence-electron chi connectivity index (χ3n) is 1.55. The summed E-state index contributed by atoms with van der Waals surface area (Å²) in [6.45, 7) is 2.52. The lowest BCUT2D eigenvalue weighted by Gasteiger charge is -2.21. The highest BCUT2D eigenvalue weighted by molar-refractivity contribution is 9.09. The largest absolute Gasteiger partial charge is 0.397 e. The van der Waals surface area contributed by atoms with Crippen LogP contribution in [0.5, 0.6) is 0 Å². The maximum atomic E-state index is 11.9. The zero-order valence-electron chi connectivity index (χ0n) is 7.90. The maximum Gasteiger partial charge on any atom is 0.397 e. The highest BCUT2D eigenvalue weighted by Crippen LogP contribution is 2.20. The summed E-state index contributed by atoms with van der Waals surface area (Å²) in [6, 6.07) is 0. The molecule has 1 amide bonds. The van der Waals surface area contributed by atoms with Crippen LogP contribution in [0.15, 0.2) is 0 Å². The fourth-order valence-corrected chi connectivity index (χ4v) is 1.44. The lowest BCUT2D eigenvalue weighted by atomic mass is 10.3. The molecule has 0 radical (unpaired) electrons. The molecule has 0 fully saturated rings. The molecular weight excluding hydrogens is 263 g/mol. The number of alkyl halides is 4. The lowest BCUT2D eigenvalue weighted by molar-refractivity contribution is -0.161. The molecule has 6 heteroatoms. The van der Waals surface area contributed by atoms with E-state index in [2.05, 4.69) is 15.9 Å². The van der Waals surface area contributed by atoms with E-state index in [0.717, 1.165) is 0 Å². The number of carbonyl (C=O) groups is 1. The van der Waals surface area contributed by atoms with Gasteiger partial charge in [0.15, 0.2) is 0 Å². The number of hydrogen-bond acceptors (Lipinski definition) is 1. The van der Waals surface area contributed by atoms with Crippen LogP contribution in [0.4, 0.5) is 13.2 Å². The van der Waals surface area contributed by atoms with Crippen LogP contribution < -0.4 is 0 Å². The van der Waals surface area contributed by atoms with Gasteiger partial charge in [0.2, 0.25) is 5.91 Å². The Bertz CT molecular complexity index is 178. The molecule has 0 aromatic carbocycles. The molecule has 0 aliphatic heterocycles. The third kappa shape index (κ3) is 6.23. The minimum absolute atomic E-state index is 0.322. The van der Waals surface area contributed by atoms with E-state index in [9.17, 15) is 18.0 Å². The highest BCUT2D eigenvalue weighted by Gasteiger charge is 2.33. The fraction of sp³-hybridized carbons (Fsp3) is 0.875. The molecule has 0 spiro atoms. The van der Waals surface area contributed by atoms with Gasteiger partial charge in [0, 0.05) is 18.4 Å². The molecule has 0 bridgehead atoms. The normalized spacial score (nSPS) is 11.5. The van der Waals surface area contributed by atoms with E-state index in [1.54, 1.807) is 0 Å². The van der Waals surface area contributed by atoms with Crippen molar-refractivity contribution in [1.29, 1.82) is 0 Å². The molecule has 0 unspecified atom stereocenters. The van der Waals surface area contributed by atoms with Gasteiger partial charge in [-0.2, -0.15) is 13.2 Å². The first-order valence-electron chi connectivity index (χ1n) is 4.31. The van der Waals surface area contributed by atoms with Crippen molar-refractivity contribution < 1.29 is 18.0 Å². The summed E-state index contributed by atoms with van der Waals surface area (Å²) >= 11 is 3.09. The number of rotatable bonds is 5. The summed E-state index contributed by atoms with van der Waals surface area (Å²) in [7, 11) is 0. The zero-order valence-corrected chi connectivity index (χ0v) is 9.49. The second kappa shape index (κ2) is 6.27. The second-order valence-corrected chi connectivity index (χ2v) is 3.65. The molecule has 14 heavy (non-hydrogen) atoms. The molecule has 0 N–H and O–H groups in total. The van der Waals surface area contributed by atoms with E-state index in [4.69, 9.17) is 0 Å². The van der Waals surface area contributed by atoms with E-state index in [1.807, 2.05) is 6.92 Å². The Kier molecular flexibility index (Phi) is 6.15. The Labute approximate surface area is 89.6 Å². The number of nitrogens with zero attached hydrogens (tertiary/aromatic N) is 1. The molecule has 0 aliphatic rings. The van der Waals surface area contributed by atoms with E-state index in [-0.39, 0.29) is 0 Å². The average Bonchev–Trinajstić information content (AvgIpc) is 2.01. The molecule has 0 heterocycles. The molecule has 0 atom stereocenters. The maximum absolute atomic E-state index is 11.9. The minimum Gasteiger partial charge on any atom is -0.342 e. The first-order valence-corrected chi connectivity index (χ1v) is 5.43. The summed E-state index contributed by atoms with van der Waals surface area (Å²) in [6.07, 6.45) is -5.11. The van der Waals surface area contributed by atoms with Crippen LogP contribution in [0, 0.1) is 0 Å². The average molecular weight is 276 g/mol. The van der Waals surface area contributed by atoms with E-state index >= 15 is 0 Å². The second-order valence-electron chi connectivity index (χ2n) is 2.86. The van der Waals surface area contributed by atoms with Crippen molar-refractivity contribution in [3.05, 3.63) is 0 Å². The summed E-state index contributed by atoms with van der Waals surface area (Å²) in [5.41, 5.74) is 0. The Balaban J connectivity index is 4.14. The summed E-state index contributed by atoms with van der Waals surface area (Å²) in [5, 5.41) is 0.497. The zero-order chi connectivity index (χ0) is 11.2. The molecule has 0 aromatic rings. The molecule has 0 aromatic heterocycles. The first-order chi connectivity index (χ1) is 6.40. The predicted molar refractivity (Wildman–Crippen MR) is 51.3 cm³/mol. The highest BCUT2D eigenvalue weighted by atomic mass is 79.9. The molecular formula is C8H13BrF3NO. The smallest absolute Gasteiger partial charge is 0.342 e. The van der Waals surface area contributed by atoms with Crippen LogP contribution in [0.1, 0.15) is 19.8 Å². The fourth-order valence-electron chi connectivity index (χ4n) is 1.02. The summed E-state index contributed by atoms with van der Waals surface area (Å²) in [5.74, 6) is -0.848. The van der Waals surface area contributed by atoms with Gasteiger partial charge in [-0.05, 0) is 6.42 Å². The number of halogens is 4. The molecule has 2 nitrogen and oxygen atoms in total. The Morgan fingerprint density at radius 1 is 1.36 bits per heavy atom. The Morgan fingerprint density at radius 3 is 2.29 bits per heavy atom. The number of hydrogen-bond donors (Lipinski definition) is 0. The molecule has 0 saturated heterocycles. The lowest BCUT2D eigenvalue weighted by Crippen LogP contribution is -2.36. The van der Waals surface area contributed by atoms with Crippen molar-refractivity contribution in [3.8, 4) is 0 Å². The van der Waals surface area contributed by atoms with Crippen LogP contribution >= 0.6 is 15.9 Å². The van der Waals surface area contributed by atoms with Crippen LogP contribution in [0.3, 0.4) is 0 Å². The number of carbonyl (C=O) groups excluding carboxylic acids is 1. The van der Waals surface area contributed by atoms with Gasteiger partial charge in [0.05, 0.1) is 0 Å². The molecule has 0 rings (SSSR count). The van der Waals surface area contributed by atoms with Crippen molar-refractivity contribution in [2.75, 3.05) is 18.4 Å². The first kappa shape index (κ1) is 13.7. The molecule has 84 valence electrons. The van der Waals surface area contributed by atoms with Gasteiger partial charge >= 0.3 is 6.18 Å². The van der Waals surface area contributed by atoms with E-state index < -0.39 is 18.5 Å². The van der Waals surface area contributed by atoms with Gasteiger partial charge < -0.3 is 4.90 Å². The quantitative estimate of drug-likeness (QED) is 0.707. The molecule has 0 saturated carbocycles.